The second-order valence-corrected chi connectivity index (χ2v) is 3.87. The number of nitro groups is 1. The molecule has 1 aromatic heterocycles. The molecule has 8 nitrogen and oxygen atoms in total. The van der Waals surface area contributed by atoms with Crippen LogP contribution in [0.2, 0.25) is 0 Å². The van der Waals surface area contributed by atoms with E-state index in [2.05, 4.69) is 9.97 Å². The summed E-state index contributed by atoms with van der Waals surface area (Å²) >= 11 is 0. The first-order valence-corrected chi connectivity index (χ1v) is 5.40. The van der Waals surface area contributed by atoms with Gasteiger partial charge in [0.15, 0.2) is 0 Å². The molecule has 1 heterocycles. The minimum absolute atomic E-state index is 0.00196. The molecular weight excluding hydrogens is 240 g/mol. The summed E-state index contributed by atoms with van der Waals surface area (Å²) in [4.78, 5) is 18.2. The number of ether oxygens (including phenoxy) is 2. The SMILES string of the molecule is COCCOc1nc(C(C)C)nc(N)c1[N+](=O)[O-]. The Kier molecular flexibility index (Phi) is 4.78. The summed E-state index contributed by atoms with van der Waals surface area (Å²) in [5.41, 5.74) is 5.15. The highest BCUT2D eigenvalue weighted by Crippen LogP contribution is 2.31. The lowest BCUT2D eigenvalue weighted by Gasteiger charge is -2.10. The molecule has 0 aliphatic heterocycles. The van der Waals surface area contributed by atoms with Crippen molar-refractivity contribution in [3.63, 3.8) is 0 Å². The van der Waals surface area contributed by atoms with Crippen molar-refractivity contribution in [2.45, 2.75) is 19.8 Å². The van der Waals surface area contributed by atoms with Crippen molar-refractivity contribution in [2.75, 3.05) is 26.1 Å². The van der Waals surface area contributed by atoms with E-state index < -0.39 is 10.6 Å². The van der Waals surface area contributed by atoms with E-state index in [9.17, 15) is 10.1 Å². The van der Waals surface area contributed by atoms with Crippen LogP contribution in [0.5, 0.6) is 5.88 Å². The molecule has 0 bridgehead atoms. The zero-order chi connectivity index (χ0) is 13.7. The molecule has 100 valence electrons. The number of rotatable bonds is 6. The molecule has 0 radical (unpaired) electrons. The predicted molar refractivity (Wildman–Crippen MR) is 64.6 cm³/mol. The highest BCUT2D eigenvalue weighted by atomic mass is 16.6. The number of methoxy groups -OCH3 is 1. The largest absolute Gasteiger partial charge is 0.470 e. The van der Waals surface area contributed by atoms with E-state index in [1.54, 1.807) is 0 Å². The predicted octanol–water partition coefficient (Wildman–Crippen LogP) is 1.12. The molecule has 0 fully saturated rings. The van der Waals surface area contributed by atoms with Crippen molar-refractivity contribution in [3.05, 3.63) is 15.9 Å². The van der Waals surface area contributed by atoms with Crippen LogP contribution in [0.15, 0.2) is 0 Å². The number of hydrogen-bond donors (Lipinski definition) is 1. The van der Waals surface area contributed by atoms with Gasteiger partial charge in [-0.25, -0.2) is 4.98 Å². The molecule has 0 saturated carbocycles. The van der Waals surface area contributed by atoms with Crippen molar-refractivity contribution >= 4 is 11.5 Å². The monoisotopic (exact) mass is 256 g/mol. The molecule has 0 aliphatic rings. The maximum absolute atomic E-state index is 10.9. The summed E-state index contributed by atoms with van der Waals surface area (Å²) in [5.74, 6) is 0.0998. The van der Waals surface area contributed by atoms with Gasteiger partial charge in [0.2, 0.25) is 5.82 Å². The molecular formula is C10H16N4O4. The number of anilines is 1. The quantitative estimate of drug-likeness (QED) is 0.460. The average Bonchev–Trinajstić information content (AvgIpc) is 2.27. The van der Waals surface area contributed by atoms with E-state index in [1.165, 1.54) is 7.11 Å². The van der Waals surface area contributed by atoms with Crippen LogP contribution in [0.1, 0.15) is 25.6 Å². The van der Waals surface area contributed by atoms with Gasteiger partial charge in [0, 0.05) is 13.0 Å². The molecule has 0 atom stereocenters. The van der Waals surface area contributed by atoms with Gasteiger partial charge >= 0.3 is 5.69 Å². The summed E-state index contributed by atoms with van der Waals surface area (Å²) in [6, 6.07) is 0. The molecule has 0 aliphatic carbocycles. The molecule has 1 rings (SSSR count). The maximum atomic E-state index is 10.9. The molecule has 0 amide bonds. The van der Waals surface area contributed by atoms with E-state index in [1.807, 2.05) is 13.8 Å². The Morgan fingerprint density at radius 1 is 1.39 bits per heavy atom. The fourth-order valence-electron chi connectivity index (χ4n) is 1.22. The number of hydrogen-bond acceptors (Lipinski definition) is 7. The van der Waals surface area contributed by atoms with Crippen LogP contribution in [0.3, 0.4) is 0 Å². The lowest BCUT2D eigenvalue weighted by molar-refractivity contribution is -0.385. The van der Waals surface area contributed by atoms with Gasteiger partial charge in [-0.2, -0.15) is 4.98 Å². The third-order valence-corrected chi connectivity index (χ3v) is 2.12. The van der Waals surface area contributed by atoms with Gasteiger partial charge in [0.05, 0.1) is 11.5 Å². The Bertz CT molecular complexity index is 436. The van der Waals surface area contributed by atoms with Crippen LogP contribution in [0, 0.1) is 10.1 Å². The second kappa shape index (κ2) is 6.10. The Balaban J connectivity index is 3.12. The van der Waals surface area contributed by atoms with Gasteiger partial charge in [0.1, 0.15) is 12.4 Å². The molecule has 2 N–H and O–H groups in total. The molecule has 8 heteroatoms. The zero-order valence-corrected chi connectivity index (χ0v) is 10.5. The Hall–Kier alpha value is -1.96. The molecule has 18 heavy (non-hydrogen) atoms. The number of nitrogen functional groups attached to an aromatic ring is 1. The van der Waals surface area contributed by atoms with E-state index >= 15 is 0 Å². The summed E-state index contributed by atoms with van der Waals surface area (Å²) in [7, 11) is 1.51. The molecule has 0 spiro atoms. The standard InChI is InChI=1S/C10H16N4O4/c1-6(2)9-12-8(11)7(14(15)16)10(13-9)18-5-4-17-3/h6H,4-5H2,1-3H3,(H2,11,12,13). The van der Waals surface area contributed by atoms with Gasteiger partial charge in [-0.05, 0) is 0 Å². The van der Waals surface area contributed by atoms with E-state index in [0.29, 0.717) is 12.4 Å². The van der Waals surface area contributed by atoms with E-state index in [0.717, 1.165) is 0 Å². The van der Waals surface area contributed by atoms with Gasteiger partial charge in [0.25, 0.3) is 5.88 Å². The van der Waals surface area contributed by atoms with Gasteiger partial charge in [-0.15, -0.1) is 0 Å². The maximum Gasteiger partial charge on any atom is 0.372 e. The Morgan fingerprint density at radius 3 is 2.56 bits per heavy atom. The topological polar surface area (TPSA) is 113 Å². The number of aromatic nitrogens is 2. The average molecular weight is 256 g/mol. The number of nitrogens with zero attached hydrogens (tertiary/aromatic N) is 3. The van der Waals surface area contributed by atoms with Crippen molar-refractivity contribution in [2.24, 2.45) is 0 Å². The van der Waals surface area contributed by atoms with Crippen molar-refractivity contribution in [1.82, 2.24) is 9.97 Å². The fourth-order valence-corrected chi connectivity index (χ4v) is 1.22. The third-order valence-electron chi connectivity index (χ3n) is 2.12. The molecule has 0 saturated heterocycles. The van der Waals surface area contributed by atoms with Crippen LogP contribution in [0.25, 0.3) is 0 Å². The molecule has 0 unspecified atom stereocenters. The van der Waals surface area contributed by atoms with Gasteiger partial charge in [-0.3, -0.25) is 10.1 Å². The minimum Gasteiger partial charge on any atom is -0.470 e. The summed E-state index contributed by atoms with van der Waals surface area (Å²) in [6.07, 6.45) is 0. The van der Waals surface area contributed by atoms with E-state index in [-0.39, 0.29) is 24.2 Å². The first-order chi connectivity index (χ1) is 8.47. The van der Waals surface area contributed by atoms with Crippen LogP contribution in [0.4, 0.5) is 11.5 Å². The Morgan fingerprint density at radius 2 is 2.06 bits per heavy atom. The highest BCUT2D eigenvalue weighted by molar-refractivity contribution is 5.58. The third kappa shape index (κ3) is 3.27. The lowest BCUT2D eigenvalue weighted by atomic mass is 10.2. The molecule has 1 aromatic rings. The second-order valence-electron chi connectivity index (χ2n) is 3.87. The summed E-state index contributed by atoms with van der Waals surface area (Å²) in [6.45, 7) is 4.18. The first kappa shape index (κ1) is 14.1. The first-order valence-electron chi connectivity index (χ1n) is 5.40. The van der Waals surface area contributed by atoms with Crippen LogP contribution in [-0.2, 0) is 4.74 Å². The van der Waals surface area contributed by atoms with Crippen molar-refractivity contribution < 1.29 is 14.4 Å². The van der Waals surface area contributed by atoms with Crippen LogP contribution < -0.4 is 10.5 Å². The summed E-state index contributed by atoms with van der Waals surface area (Å²) in [5, 5.41) is 10.9. The fraction of sp³-hybridized carbons (Fsp3) is 0.600. The summed E-state index contributed by atoms with van der Waals surface area (Å²) < 4.78 is 10.0. The van der Waals surface area contributed by atoms with Gasteiger partial charge in [-0.1, -0.05) is 13.8 Å². The van der Waals surface area contributed by atoms with Crippen LogP contribution in [-0.4, -0.2) is 35.2 Å². The van der Waals surface area contributed by atoms with Crippen LogP contribution >= 0.6 is 0 Å². The Labute approximate surface area is 104 Å². The smallest absolute Gasteiger partial charge is 0.372 e. The van der Waals surface area contributed by atoms with Crippen molar-refractivity contribution in [1.29, 1.82) is 0 Å². The lowest BCUT2D eigenvalue weighted by Crippen LogP contribution is -2.12. The molecule has 0 aromatic carbocycles. The number of nitrogens with two attached hydrogens (primary N) is 1. The normalized spacial score (nSPS) is 10.7. The minimum atomic E-state index is -0.651. The highest BCUT2D eigenvalue weighted by Gasteiger charge is 2.25. The van der Waals surface area contributed by atoms with Crippen molar-refractivity contribution in [3.8, 4) is 5.88 Å². The zero-order valence-electron chi connectivity index (χ0n) is 10.5. The van der Waals surface area contributed by atoms with Gasteiger partial charge < -0.3 is 15.2 Å². The van der Waals surface area contributed by atoms with E-state index in [4.69, 9.17) is 15.2 Å².